The Morgan fingerprint density at radius 1 is 0.700 bits per heavy atom. The zero-order chi connectivity index (χ0) is 7.71. The molecule has 0 heterocycles. The summed E-state index contributed by atoms with van der Waals surface area (Å²) in [5.74, 6) is 0. The van der Waals surface area contributed by atoms with Crippen LogP contribution in [0.3, 0.4) is 0 Å². The molecule has 0 unspecified atom stereocenters. The predicted octanol–water partition coefficient (Wildman–Crippen LogP) is 1.68. The van der Waals surface area contributed by atoms with Gasteiger partial charge in [-0.1, -0.05) is 0 Å². The molecule has 0 aromatic rings. The normalized spacial score (nSPS) is 12.6. The van der Waals surface area contributed by atoms with Crippen molar-refractivity contribution in [2.24, 2.45) is 0 Å². The molecule has 1 nitrogen and oxygen atoms in total. The fourth-order valence-corrected chi connectivity index (χ4v) is 0.919. The Kier molecular flexibility index (Phi) is 5.24. The van der Waals surface area contributed by atoms with Gasteiger partial charge >= 0.3 is 23.1 Å². The first-order chi connectivity index (χ1) is 3.71. The lowest BCUT2D eigenvalue weighted by Gasteiger charge is -2.30. The molecule has 0 aliphatic rings. The highest BCUT2D eigenvalue weighted by atomic mass is 24.3. The third kappa shape index (κ3) is 11.5. The summed E-state index contributed by atoms with van der Waals surface area (Å²) in [5.41, 5.74) is -0.0312. The van der Waals surface area contributed by atoms with E-state index >= 15 is 0 Å². The Labute approximate surface area is 80.7 Å². The van der Waals surface area contributed by atoms with Crippen LogP contribution in [0.25, 0.3) is 0 Å². The highest BCUT2D eigenvalue weighted by molar-refractivity contribution is 5.75. The van der Waals surface area contributed by atoms with Gasteiger partial charge in [-0.05, 0) is 41.5 Å². The molecule has 0 saturated heterocycles. The van der Waals surface area contributed by atoms with Gasteiger partial charge in [0.05, 0.1) is 11.2 Å². The molecule has 0 N–H and O–H groups in total. The Bertz CT molecular complexity index is 74.4. The standard InChI is InChI=1S/C8H18O.Mg.2H/c1-7(2,3)9-8(4,5)6;;;/h1-6H3;;;. The van der Waals surface area contributed by atoms with Crippen LogP contribution in [-0.4, -0.2) is 34.3 Å². The number of hydrogen-bond acceptors (Lipinski definition) is 1. The van der Waals surface area contributed by atoms with Gasteiger partial charge in [0.25, 0.3) is 0 Å². The van der Waals surface area contributed by atoms with Crippen LogP contribution < -0.4 is 0 Å². The van der Waals surface area contributed by atoms with E-state index in [1.54, 1.807) is 0 Å². The van der Waals surface area contributed by atoms with Crippen molar-refractivity contribution in [3.8, 4) is 0 Å². The quantitative estimate of drug-likeness (QED) is 0.485. The van der Waals surface area contributed by atoms with E-state index in [1.165, 1.54) is 0 Å². The second kappa shape index (κ2) is 3.93. The molecule has 0 aromatic heterocycles. The maximum atomic E-state index is 5.62. The van der Waals surface area contributed by atoms with E-state index in [9.17, 15) is 0 Å². The van der Waals surface area contributed by atoms with Crippen molar-refractivity contribution in [2.75, 3.05) is 0 Å². The zero-order valence-electron chi connectivity index (χ0n) is 7.41. The fraction of sp³-hybridized carbons (Fsp3) is 1.00. The number of hydrogen-bond donors (Lipinski definition) is 0. The van der Waals surface area contributed by atoms with Gasteiger partial charge in [0.15, 0.2) is 0 Å². The lowest BCUT2D eigenvalue weighted by Crippen LogP contribution is -2.31. The third-order valence-corrected chi connectivity index (χ3v) is 0.612. The van der Waals surface area contributed by atoms with Crippen LogP contribution in [0.2, 0.25) is 0 Å². The fourth-order valence-electron chi connectivity index (χ4n) is 0.919. The molecule has 0 radical (unpaired) electrons. The topological polar surface area (TPSA) is 9.23 Å². The molecule has 2 heteroatoms. The largest absolute Gasteiger partial charge is 0.370 e. The van der Waals surface area contributed by atoms with Crippen molar-refractivity contribution in [1.29, 1.82) is 0 Å². The van der Waals surface area contributed by atoms with Crippen LogP contribution in [0.1, 0.15) is 41.5 Å². The Morgan fingerprint density at radius 3 is 0.900 bits per heavy atom. The van der Waals surface area contributed by atoms with Crippen LogP contribution in [0.15, 0.2) is 0 Å². The average Bonchev–Trinajstić information content (AvgIpc) is 1.14. The maximum Gasteiger partial charge on any atom is 0.316 e. The summed E-state index contributed by atoms with van der Waals surface area (Å²) in [6, 6.07) is 0. The highest BCUT2D eigenvalue weighted by Crippen LogP contribution is 2.17. The molecule has 0 aliphatic heterocycles. The minimum Gasteiger partial charge on any atom is -0.370 e. The lowest BCUT2D eigenvalue weighted by molar-refractivity contribution is -0.102. The first-order valence-corrected chi connectivity index (χ1v) is 3.41. The molecular weight excluding hydrogens is 136 g/mol. The van der Waals surface area contributed by atoms with Crippen molar-refractivity contribution in [2.45, 2.75) is 52.7 Å². The molecule has 60 valence electrons. The van der Waals surface area contributed by atoms with Gasteiger partial charge in [-0.15, -0.1) is 0 Å². The van der Waals surface area contributed by atoms with E-state index in [-0.39, 0.29) is 34.3 Å². The summed E-state index contributed by atoms with van der Waals surface area (Å²) in [6.07, 6.45) is 0. The van der Waals surface area contributed by atoms with Gasteiger partial charge in [-0.25, -0.2) is 0 Å². The third-order valence-electron chi connectivity index (χ3n) is 0.612. The SMILES string of the molecule is CC(C)(C)OC(C)(C)C.[MgH2]. The molecule has 10 heavy (non-hydrogen) atoms. The molecule has 0 rings (SSSR count). The van der Waals surface area contributed by atoms with Crippen LogP contribution >= 0.6 is 0 Å². The molecule has 0 atom stereocenters. The minimum absolute atomic E-state index is 0. The highest BCUT2D eigenvalue weighted by Gasteiger charge is 2.19. The minimum atomic E-state index is -0.0156. The van der Waals surface area contributed by atoms with Crippen molar-refractivity contribution in [3.05, 3.63) is 0 Å². The molecule has 0 amide bonds. The van der Waals surface area contributed by atoms with E-state index < -0.39 is 0 Å². The molecule has 0 aromatic carbocycles. The monoisotopic (exact) mass is 156 g/mol. The van der Waals surface area contributed by atoms with Crippen LogP contribution in [0.5, 0.6) is 0 Å². The lowest BCUT2D eigenvalue weighted by atomic mass is 10.1. The summed E-state index contributed by atoms with van der Waals surface area (Å²) in [7, 11) is 0. The zero-order valence-corrected chi connectivity index (χ0v) is 7.41. The predicted molar refractivity (Wildman–Crippen MR) is 49.1 cm³/mol. The van der Waals surface area contributed by atoms with Crippen molar-refractivity contribution >= 4 is 23.1 Å². The van der Waals surface area contributed by atoms with Gasteiger partial charge in [0.2, 0.25) is 0 Å². The summed E-state index contributed by atoms with van der Waals surface area (Å²) in [4.78, 5) is 0. The van der Waals surface area contributed by atoms with Gasteiger partial charge in [-0.2, -0.15) is 0 Å². The van der Waals surface area contributed by atoms with Crippen LogP contribution in [-0.2, 0) is 4.74 Å². The van der Waals surface area contributed by atoms with E-state index in [4.69, 9.17) is 4.74 Å². The second-order valence-electron chi connectivity index (χ2n) is 4.33. The summed E-state index contributed by atoms with van der Waals surface area (Å²) >= 11 is 0. The van der Waals surface area contributed by atoms with E-state index in [1.807, 2.05) is 0 Å². The Balaban J connectivity index is 0. The Morgan fingerprint density at radius 2 is 0.900 bits per heavy atom. The van der Waals surface area contributed by atoms with Crippen molar-refractivity contribution < 1.29 is 4.74 Å². The van der Waals surface area contributed by atoms with Gasteiger partial charge in [-0.3, -0.25) is 0 Å². The van der Waals surface area contributed by atoms with E-state index in [0.717, 1.165) is 0 Å². The van der Waals surface area contributed by atoms with E-state index in [0.29, 0.717) is 0 Å². The molecule has 0 saturated carbocycles. The van der Waals surface area contributed by atoms with Gasteiger partial charge < -0.3 is 4.74 Å². The van der Waals surface area contributed by atoms with Crippen molar-refractivity contribution in [1.82, 2.24) is 0 Å². The first-order valence-electron chi connectivity index (χ1n) is 3.41. The van der Waals surface area contributed by atoms with Gasteiger partial charge in [0.1, 0.15) is 0 Å². The number of rotatable bonds is 0. The van der Waals surface area contributed by atoms with Gasteiger partial charge in [0, 0.05) is 0 Å². The molecular formula is C8H20MgO. The molecule has 0 bridgehead atoms. The molecule has 0 aliphatic carbocycles. The molecule has 0 fully saturated rings. The van der Waals surface area contributed by atoms with Crippen molar-refractivity contribution in [3.63, 3.8) is 0 Å². The average molecular weight is 157 g/mol. The summed E-state index contributed by atoms with van der Waals surface area (Å²) in [6.45, 7) is 12.4. The van der Waals surface area contributed by atoms with Crippen LogP contribution in [0.4, 0.5) is 0 Å². The molecule has 0 spiro atoms. The maximum absolute atomic E-state index is 5.62. The van der Waals surface area contributed by atoms with Crippen LogP contribution in [0, 0.1) is 0 Å². The van der Waals surface area contributed by atoms with E-state index in [2.05, 4.69) is 41.5 Å². The first kappa shape index (κ1) is 13.3. The summed E-state index contributed by atoms with van der Waals surface area (Å²) in [5, 5.41) is 0. The smallest absolute Gasteiger partial charge is 0.316 e. The number of ether oxygens (including phenoxy) is 1. The summed E-state index contributed by atoms with van der Waals surface area (Å²) < 4.78 is 5.62. The Hall–Kier alpha value is 0.726. The second-order valence-corrected chi connectivity index (χ2v) is 4.33.